The molecule has 0 saturated carbocycles. The van der Waals surface area contributed by atoms with E-state index in [9.17, 15) is 4.39 Å². The van der Waals surface area contributed by atoms with Gasteiger partial charge in [-0.2, -0.15) is 0 Å². The van der Waals surface area contributed by atoms with Gasteiger partial charge in [0.1, 0.15) is 5.82 Å². The number of hydrogen-bond donors (Lipinski definition) is 0. The Labute approximate surface area is 94.8 Å². The lowest BCUT2D eigenvalue weighted by Gasteiger charge is -2.09. The van der Waals surface area contributed by atoms with E-state index in [0.717, 1.165) is 22.6 Å². The molecular weight excluding hydrogens is 299 g/mol. The van der Waals surface area contributed by atoms with E-state index in [2.05, 4.69) is 31.9 Å². The van der Waals surface area contributed by atoms with Gasteiger partial charge in [-0.1, -0.05) is 44.0 Å². The lowest BCUT2D eigenvalue weighted by Crippen LogP contribution is -2.07. The fourth-order valence-corrected chi connectivity index (χ4v) is 2.68. The van der Waals surface area contributed by atoms with E-state index in [1.807, 2.05) is 6.07 Å². The molecule has 0 nitrogen and oxygen atoms in total. The SMILES string of the molecule is Fc1cccc(CC(CBr)CBr)c1. The van der Waals surface area contributed by atoms with Gasteiger partial charge in [-0.25, -0.2) is 4.39 Å². The third kappa shape index (κ3) is 3.77. The zero-order valence-electron chi connectivity index (χ0n) is 7.14. The van der Waals surface area contributed by atoms with Crippen molar-refractivity contribution in [2.75, 3.05) is 10.7 Å². The predicted molar refractivity (Wildman–Crippen MR) is 61.2 cm³/mol. The van der Waals surface area contributed by atoms with Gasteiger partial charge in [0.05, 0.1) is 0 Å². The van der Waals surface area contributed by atoms with Crippen LogP contribution in [-0.2, 0) is 6.42 Å². The second-order valence-corrected chi connectivity index (χ2v) is 4.30. The molecule has 1 rings (SSSR count). The lowest BCUT2D eigenvalue weighted by atomic mass is 10.0. The Morgan fingerprint density at radius 1 is 1.23 bits per heavy atom. The van der Waals surface area contributed by atoms with E-state index in [1.54, 1.807) is 12.1 Å². The highest BCUT2D eigenvalue weighted by atomic mass is 79.9. The summed E-state index contributed by atoms with van der Waals surface area (Å²) < 4.78 is 12.8. The van der Waals surface area contributed by atoms with Crippen LogP contribution >= 0.6 is 31.9 Å². The summed E-state index contributed by atoms with van der Waals surface area (Å²) in [6.07, 6.45) is 0.911. The number of halogens is 3. The Morgan fingerprint density at radius 2 is 1.92 bits per heavy atom. The zero-order chi connectivity index (χ0) is 9.68. The van der Waals surface area contributed by atoms with Crippen LogP contribution in [0.15, 0.2) is 24.3 Å². The Bertz CT molecular complexity index is 259. The molecule has 0 heterocycles. The average molecular weight is 310 g/mol. The molecule has 3 heteroatoms. The molecule has 0 amide bonds. The molecular formula is C10H11Br2F. The monoisotopic (exact) mass is 308 g/mol. The minimum Gasteiger partial charge on any atom is -0.207 e. The highest BCUT2D eigenvalue weighted by molar-refractivity contribution is 9.09. The smallest absolute Gasteiger partial charge is 0.123 e. The highest BCUT2D eigenvalue weighted by Crippen LogP contribution is 2.14. The van der Waals surface area contributed by atoms with Crippen LogP contribution in [0.1, 0.15) is 5.56 Å². The molecule has 0 bridgehead atoms. The Morgan fingerprint density at radius 3 is 2.46 bits per heavy atom. The van der Waals surface area contributed by atoms with Gasteiger partial charge in [-0.3, -0.25) is 0 Å². The molecule has 0 aromatic heterocycles. The Kier molecular flexibility index (Phi) is 4.96. The molecule has 0 N–H and O–H groups in total. The van der Waals surface area contributed by atoms with Gasteiger partial charge in [0.25, 0.3) is 0 Å². The Hall–Kier alpha value is 0.110. The van der Waals surface area contributed by atoms with Crippen molar-refractivity contribution in [3.8, 4) is 0 Å². The first kappa shape index (κ1) is 11.2. The van der Waals surface area contributed by atoms with Gasteiger partial charge in [-0.15, -0.1) is 0 Å². The van der Waals surface area contributed by atoms with Crippen molar-refractivity contribution in [2.45, 2.75) is 6.42 Å². The van der Waals surface area contributed by atoms with Gasteiger partial charge in [0.15, 0.2) is 0 Å². The molecule has 1 aromatic carbocycles. The summed E-state index contributed by atoms with van der Waals surface area (Å²) in [6.45, 7) is 0. The first-order valence-electron chi connectivity index (χ1n) is 4.12. The maximum Gasteiger partial charge on any atom is 0.123 e. The van der Waals surface area contributed by atoms with Gasteiger partial charge in [0.2, 0.25) is 0 Å². The molecule has 0 unspecified atom stereocenters. The summed E-state index contributed by atoms with van der Waals surface area (Å²) in [4.78, 5) is 0. The topological polar surface area (TPSA) is 0 Å². The fourth-order valence-electron chi connectivity index (χ4n) is 1.15. The molecule has 1 aromatic rings. The first-order chi connectivity index (χ1) is 6.26. The van der Waals surface area contributed by atoms with Crippen LogP contribution in [0, 0.1) is 11.7 Å². The molecule has 0 aliphatic rings. The Balaban J connectivity index is 2.62. The molecule has 13 heavy (non-hydrogen) atoms. The van der Waals surface area contributed by atoms with E-state index >= 15 is 0 Å². The van der Waals surface area contributed by atoms with Crippen LogP contribution in [-0.4, -0.2) is 10.7 Å². The summed E-state index contributed by atoms with van der Waals surface area (Å²) in [5.41, 5.74) is 1.06. The largest absolute Gasteiger partial charge is 0.207 e. The number of hydrogen-bond acceptors (Lipinski definition) is 0. The summed E-state index contributed by atoms with van der Waals surface area (Å²) in [7, 11) is 0. The maximum atomic E-state index is 12.8. The van der Waals surface area contributed by atoms with E-state index in [0.29, 0.717) is 5.92 Å². The molecule has 72 valence electrons. The molecule has 0 radical (unpaired) electrons. The second-order valence-electron chi connectivity index (χ2n) is 3.01. The van der Waals surface area contributed by atoms with Gasteiger partial charge in [0, 0.05) is 10.7 Å². The molecule has 0 aliphatic carbocycles. The average Bonchev–Trinajstić information content (AvgIpc) is 2.14. The van der Waals surface area contributed by atoms with E-state index in [1.165, 1.54) is 6.07 Å². The van der Waals surface area contributed by atoms with Gasteiger partial charge < -0.3 is 0 Å². The van der Waals surface area contributed by atoms with Gasteiger partial charge >= 0.3 is 0 Å². The highest BCUT2D eigenvalue weighted by Gasteiger charge is 2.06. The summed E-state index contributed by atoms with van der Waals surface area (Å²) in [5.74, 6) is 0.377. The van der Waals surface area contributed by atoms with E-state index < -0.39 is 0 Å². The lowest BCUT2D eigenvalue weighted by molar-refractivity contribution is 0.618. The van der Waals surface area contributed by atoms with Crippen LogP contribution in [0.3, 0.4) is 0 Å². The summed E-state index contributed by atoms with van der Waals surface area (Å²) >= 11 is 6.86. The van der Waals surface area contributed by atoms with Crippen LogP contribution in [0.25, 0.3) is 0 Å². The van der Waals surface area contributed by atoms with E-state index in [4.69, 9.17) is 0 Å². The summed E-state index contributed by atoms with van der Waals surface area (Å²) in [6, 6.07) is 6.78. The first-order valence-corrected chi connectivity index (χ1v) is 6.37. The van der Waals surface area contributed by atoms with Crippen LogP contribution in [0.2, 0.25) is 0 Å². The van der Waals surface area contributed by atoms with Crippen molar-refractivity contribution in [2.24, 2.45) is 5.92 Å². The fraction of sp³-hybridized carbons (Fsp3) is 0.400. The predicted octanol–water partition coefficient (Wildman–Crippen LogP) is 3.77. The number of benzene rings is 1. The standard InChI is InChI=1S/C10H11Br2F/c11-6-9(7-12)4-8-2-1-3-10(13)5-8/h1-3,5,9H,4,6-7H2. The maximum absolute atomic E-state index is 12.8. The summed E-state index contributed by atoms with van der Waals surface area (Å²) in [5, 5.41) is 1.88. The second kappa shape index (κ2) is 5.76. The molecule has 0 saturated heterocycles. The quantitative estimate of drug-likeness (QED) is 0.743. The van der Waals surface area contributed by atoms with Crippen LogP contribution < -0.4 is 0 Å². The van der Waals surface area contributed by atoms with Crippen molar-refractivity contribution >= 4 is 31.9 Å². The van der Waals surface area contributed by atoms with Crippen molar-refractivity contribution in [3.63, 3.8) is 0 Å². The normalized spacial score (nSPS) is 10.8. The van der Waals surface area contributed by atoms with Crippen LogP contribution in [0.5, 0.6) is 0 Å². The minimum absolute atomic E-state index is 0.152. The molecule has 0 atom stereocenters. The minimum atomic E-state index is -0.152. The van der Waals surface area contributed by atoms with Gasteiger partial charge in [-0.05, 0) is 30.0 Å². The number of rotatable bonds is 4. The third-order valence-corrected chi connectivity index (χ3v) is 3.68. The molecule has 0 spiro atoms. The zero-order valence-corrected chi connectivity index (χ0v) is 10.3. The van der Waals surface area contributed by atoms with E-state index in [-0.39, 0.29) is 5.82 Å². The van der Waals surface area contributed by atoms with Crippen molar-refractivity contribution < 1.29 is 4.39 Å². The van der Waals surface area contributed by atoms with Crippen molar-refractivity contribution in [1.82, 2.24) is 0 Å². The van der Waals surface area contributed by atoms with Crippen molar-refractivity contribution in [3.05, 3.63) is 35.6 Å². The molecule has 0 aliphatic heterocycles. The number of alkyl halides is 2. The third-order valence-electron chi connectivity index (χ3n) is 1.85. The van der Waals surface area contributed by atoms with Crippen molar-refractivity contribution in [1.29, 1.82) is 0 Å². The van der Waals surface area contributed by atoms with Crippen LogP contribution in [0.4, 0.5) is 4.39 Å². The molecule has 0 fully saturated rings.